The summed E-state index contributed by atoms with van der Waals surface area (Å²) in [6.45, 7) is 2.18. The zero-order chi connectivity index (χ0) is 75.3. The van der Waals surface area contributed by atoms with Crippen LogP contribution in [0.3, 0.4) is 0 Å². The molecule has 0 aromatic carbocycles. The van der Waals surface area contributed by atoms with Crippen LogP contribution >= 0.6 is 0 Å². The van der Waals surface area contributed by atoms with Crippen molar-refractivity contribution in [3.8, 4) is 0 Å². The Bertz CT molecular complexity index is 2150. The smallest absolute Gasteiger partial charge is 0.364 e. The maximum atomic E-state index is 13.5. The van der Waals surface area contributed by atoms with Crippen molar-refractivity contribution in [1.29, 1.82) is 0 Å². The molecule has 0 saturated carbocycles. The number of hydrogen-bond donors (Lipinski definition) is 14. The van der Waals surface area contributed by atoms with Crippen LogP contribution in [0.15, 0.2) is 24.3 Å². The Hall–Kier alpha value is -2.79. The number of carboxylic acid groups (broad SMARTS) is 1. The van der Waals surface area contributed by atoms with E-state index in [2.05, 4.69) is 36.6 Å². The number of amides is 2. The number of aliphatic carboxylic acids is 1. The summed E-state index contributed by atoms with van der Waals surface area (Å²) >= 11 is 0. The summed E-state index contributed by atoms with van der Waals surface area (Å²) in [6.07, 6.45) is 36.6. The normalized spacial score (nSPS) is 26.6. The van der Waals surface area contributed by atoms with Crippen LogP contribution in [0.5, 0.6) is 0 Å². The van der Waals surface area contributed by atoms with Gasteiger partial charge in [-0.1, -0.05) is 289 Å². The first kappa shape index (κ1) is 94.4. The van der Waals surface area contributed by atoms with Gasteiger partial charge in [0.15, 0.2) is 12.6 Å². The van der Waals surface area contributed by atoms with Crippen LogP contribution in [0, 0.1) is 0 Å². The van der Waals surface area contributed by atoms with Gasteiger partial charge in [0.05, 0.1) is 50.7 Å². The lowest BCUT2D eigenvalue weighted by Crippen LogP contribution is -2.70. The quantitative estimate of drug-likeness (QED) is 0.0199. The summed E-state index contributed by atoms with van der Waals surface area (Å²) in [7, 11) is 0. The number of aliphatic hydroxyl groups excluding tert-OH is 11. The molecule has 14 N–H and O–H groups in total. The Kier molecular flexibility index (Phi) is 54.2. The monoisotopic (exact) mass is 1470 g/mol. The third-order valence-corrected chi connectivity index (χ3v) is 20.9. The van der Waals surface area contributed by atoms with Gasteiger partial charge in [0.2, 0.25) is 11.8 Å². The van der Waals surface area contributed by atoms with Gasteiger partial charge in [0.1, 0.15) is 67.1 Å². The Balaban J connectivity index is 1.47. The molecule has 3 saturated heterocycles. The van der Waals surface area contributed by atoms with Crippen LogP contribution in [0.1, 0.15) is 329 Å². The Morgan fingerprint density at radius 1 is 0.505 bits per heavy atom. The van der Waals surface area contributed by atoms with Gasteiger partial charge in [-0.05, 0) is 44.9 Å². The molecule has 18 unspecified atom stereocenters. The number of nitrogens with one attached hydrogen (secondary N) is 2. The molecular weight excluding hydrogens is 1320 g/mol. The maximum absolute atomic E-state index is 13.5. The first-order valence-electron chi connectivity index (χ1n) is 41.2. The maximum Gasteiger partial charge on any atom is 0.364 e. The molecule has 0 radical (unpaired) electrons. The van der Waals surface area contributed by atoms with Gasteiger partial charge in [-0.25, -0.2) is 4.79 Å². The zero-order valence-corrected chi connectivity index (χ0v) is 63.9. The van der Waals surface area contributed by atoms with E-state index in [-0.39, 0.29) is 12.3 Å². The summed E-state index contributed by atoms with van der Waals surface area (Å²) < 4.78 is 34.9. The van der Waals surface area contributed by atoms with Crippen LogP contribution in [0.25, 0.3) is 0 Å². The van der Waals surface area contributed by atoms with Crippen LogP contribution in [-0.2, 0) is 42.8 Å². The van der Waals surface area contributed by atoms with E-state index in [1.165, 1.54) is 238 Å². The second-order valence-corrected chi connectivity index (χ2v) is 30.0. The van der Waals surface area contributed by atoms with Crippen LogP contribution in [0.2, 0.25) is 0 Å². The number of carbonyl (C=O) groups is 3. The fraction of sp³-hybridized carbons (Fsp3) is 0.912. The molecule has 0 spiro atoms. The highest BCUT2D eigenvalue weighted by Gasteiger charge is 2.60. The van der Waals surface area contributed by atoms with Gasteiger partial charge in [-0.15, -0.1) is 0 Å². The zero-order valence-electron chi connectivity index (χ0n) is 63.9. The molecule has 0 bridgehead atoms. The predicted molar refractivity (Wildman–Crippen MR) is 398 cm³/mol. The van der Waals surface area contributed by atoms with E-state index in [9.17, 15) is 75.7 Å². The second kappa shape index (κ2) is 59.1. The van der Waals surface area contributed by atoms with Crippen LogP contribution in [0.4, 0.5) is 0 Å². The average Bonchev–Trinajstić information content (AvgIpc) is 0.754. The lowest BCUT2D eigenvalue weighted by Gasteiger charge is -2.50. The molecule has 3 fully saturated rings. The molecule has 3 aliphatic rings. The van der Waals surface area contributed by atoms with Gasteiger partial charge in [0, 0.05) is 19.8 Å². The van der Waals surface area contributed by atoms with Crippen molar-refractivity contribution < 1.29 is 104 Å². The minimum Gasteiger partial charge on any atom is -0.477 e. The molecule has 3 heterocycles. The molecule has 2 amide bonds. The molecule has 23 nitrogen and oxygen atoms in total. The molecule has 23 heteroatoms. The van der Waals surface area contributed by atoms with Crippen molar-refractivity contribution in [2.75, 3.05) is 26.4 Å². The summed E-state index contributed by atoms with van der Waals surface area (Å²) in [5.41, 5.74) is 0. The predicted octanol–water partition coefficient (Wildman–Crippen LogP) is 11.1. The van der Waals surface area contributed by atoms with Gasteiger partial charge >= 0.3 is 5.97 Å². The highest BCUT2D eigenvalue weighted by molar-refractivity contribution is 5.77. The number of unbranched alkanes of at least 4 members (excludes halogenated alkanes) is 43. The van der Waals surface area contributed by atoms with Crippen molar-refractivity contribution in [3.05, 3.63) is 24.3 Å². The number of carboxylic acids is 1. The van der Waals surface area contributed by atoms with Crippen molar-refractivity contribution in [2.24, 2.45) is 0 Å². The SMILES string of the molecule is CCCCCCCCCCCCCC/C=C\CCCCCCCCCCCCCCCCCCC(=O)NC(COC1OC(CO)C(OC2OC(CO)C(O)C(OC3(C(=O)O)CC(O)C(NC(C)=O)C(C(O)C(O)CO)O3)C2O)C(O)C1O)C(O)/C=C/CCCCCCCCCCCCCCCCC. The summed E-state index contributed by atoms with van der Waals surface area (Å²) in [4.78, 5) is 38.7. The van der Waals surface area contributed by atoms with E-state index >= 15 is 0 Å². The highest BCUT2D eigenvalue weighted by atomic mass is 16.8. The minimum atomic E-state index is -3.08. The molecule has 0 aromatic heterocycles. The van der Waals surface area contributed by atoms with Gasteiger partial charge in [-0.3, -0.25) is 9.59 Å². The number of aliphatic hydroxyl groups is 11. The number of ether oxygens (including phenoxy) is 6. The topological polar surface area (TPSA) is 373 Å². The fourth-order valence-corrected chi connectivity index (χ4v) is 14.4. The molecule has 0 aromatic rings. The fourth-order valence-electron chi connectivity index (χ4n) is 14.4. The van der Waals surface area contributed by atoms with E-state index in [1.807, 2.05) is 6.08 Å². The van der Waals surface area contributed by atoms with Crippen molar-refractivity contribution >= 4 is 17.8 Å². The first-order chi connectivity index (χ1) is 49.9. The lowest BCUT2D eigenvalue weighted by molar-refractivity contribution is -0.386. The molecule has 18 atom stereocenters. The molecule has 3 rings (SSSR count). The standard InChI is InChI=1S/C80H148N2O21/c1-4-6-8-10-12-14-16-18-20-22-23-24-25-26-27-28-29-30-31-32-33-34-35-36-38-40-42-44-46-48-50-52-54-67(90)82-61(62(87)53-51-49-47-45-43-41-39-37-21-19-17-15-13-11-9-7-5-2)59-98-77-72(94)71(93)74(66(58-85)100-77)101-78-73(95)76(70(92)65(57-84)99-78)103-80(79(96)97)55-63(88)68(81-60(3)86)75(102-80)69(91)64(89)56-83/h26-27,51,53,61-66,68-78,83-85,87-89,91-95H,4-25,28-50,52,54-59H2,1-3H3,(H,81,86)(H,82,90)(H,96,97)/b27-26-,53-51+. The number of carbonyl (C=O) groups excluding carboxylic acids is 2. The number of allylic oxidation sites excluding steroid dienone is 3. The van der Waals surface area contributed by atoms with Crippen LogP contribution in [-0.4, -0.2) is 215 Å². The molecule has 0 aliphatic carbocycles. The van der Waals surface area contributed by atoms with E-state index in [4.69, 9.17) is 28.4 Å². The first-order valence-corrected chi connectivity index (χ1v) is 41.2. The third kappa shape index (κ3) is 39.4. The number of rotatable bonds is 65. The Labute approximate surface area is 619 Å². The largest absolute Gasteiger partial charge is 0.477 e. The lowest BCUT2D eigenvalue weighted by atomic mass is 9.88. The Morgan fingerprint density at radius 3 is 1.32 bits per heavy atom. The third-order valence-electron chi connectivity index (χ3n) is 20.9. The molecule has 604 valence electrons. The van der Waals surface area contributed by atoms with Crippen molar-refractivity contribution in [2.45, 2.75) is 439 Å². The molecule has 103 heavy (non-hydrogen) atoms. The summed E-state index contributed by atoms with van der Waals surface area (Å²) in [6, 6.07) is -2.62. The molecular formula is C80H148N2O21. The van der Waals surface area contributed by atoms with Gasteiger partial charge in [-0.2, -0.15) is 0 Å². The Morgan fingerprint density at radius 2 is 0.913 bits per heavy atom. The van der Waals surface area contributed by atoms with E-state index in [0.717, 1.165) is 51.9 Å². The van der Waals surface area contributed by atoms with E-state index in [0.29, 0.717) is 12.8 Å². The average molecular weight is 1470 g/mol. The molecule has 3 aliphatic heterocycles. The van der Waals surface area contributed by atoms with Crippen LogP contribution < -0.4 is 10.6 Å². The van der Waals surface area contributed by atoms with E-state index in [1.54, 1.807) is 6.08 Å². The van der Waals surface area contributed by atoms with Gasteiger partial charge < -0.3 is 100 Å². The summed E-state index contributed by atoms with van der Waals surface area (Å²) in [5, 5.41) is 136. The van der Waals surface area contributed by atoms with E-state index < -0.39 is 155 Å². The highest BCUT2D eigenvalue weighted by Crippen LogP contribution is 2.39. The van der Waals surface area contributed by atoms with Crippen molar-refractivity contribution in [1.82, 2.24) is 10.6 Å². The van der Waals surface area contributed by atoms with Gasteiger partial charge in [0.25, 0.3) is 5.79 Å². The second-order valence-electron chi connectivity index (χ2n) is 30.0. The number of hydrogen-bond acceptors (Lipinski definition) is 20. The summed E-state index contributed by atoms with van der Waals surface area (Å²) in [5.74, 6) is -6.14. The minimum absolute atomic E-state index is 0.203. The van der Waals surface area contributed by atoms with Crippen molar-refractivity contribution in [3.63, 3.8) is 0 Å².